The normalized spacial score (nSPS) is 21.5. The Morgan fingerprint density at radius 2 is 1.95 bits per heavy atom. The zero-order valence-corrected chi connectivity index (χ0v) is 13.0. The van der Waals surface area contributed by atoms with E-state index < -0.39 is 18.3 Å². The zero-order chi connectivity index (χ0) is 16.3. The highest BCUT2D eigenvalue weighted by Crippen LogP contribution is 2.20. The van der Waals surface area contributed by atoms with Crippen LogP contribution in [0.3, 0.4) is 0 Å². The van der Waals surface area contributed by atoms with Gasteiger partial charge in [0.25, 0.3) is 0 Å². The molecule has 0 aliphatic carbocycles. The monoisotopic (exact) mass is 311 g/mol. The topological polar surface area (TPSA) is 44.8 Å². The molecule has 0 aromatic carbocycles. The van der Waals surface area contributed by atoms with Gasteiger partial charge in [-0.15, -0.1) is 0 Å². The van der Waals surface area contributed by atoms with Crippen molar-refractivity contribution in [2.24, 2.45) is 0 Å². The molecule has 0 aromatic heterocycles. The fourth-order valence-electron chi connectivity index (χ4n) is 2.12. The van der Waals surface area contributed by atoms with E-state index in [1.807, 2.05) is 13.8 Å². The van der Waals surface area contributed by atoms with Crippen LogP contribution in [0.2, 0.25) is 0 Å². The Balaban J connectivity index is 2.45. The second-order valence-electron chi connectivity index (χ2n) is 6.00. The van der Waals surface area contributed by atoms with Gasteiger partial charge in [-0.05, 0) is 20.8 Å². The molecule has 124 valence electrons. The van der Waals surface area contributed by atoms with Crippen LogP contribution in [0.25, 0.3) is 0 Å². The summed E-state index contributed by atoms with van der Waals surface area (Å²) >= 11 is 0. The first-order chi connectivity index (χ1) is 9.54. The molecule has 8 heteroatoms. The van der Waals surface area contributed by atoms with Crippen LogP contribution in [0.1, 0.15) is 20.8 Å². The SMILES string of the molecule is COC(C)(C)CNC(=O)N1CCN(CC(F)(F)F)[C@H](C)C1. The van der Waals surface area contributed by atoms with Crippen molar-refractivity contribution in [2.45, 2.75) is 38.6 Å². The van der Waals surface area contributed by atoms with Crippen molar-refractivity contribution in [3.05, 3.63) is 0 Å². The first-order valence-electron chi connectivity index (χ1n) is 6.93. The molecular formula is C13H24F3N3O2. The lowest BCUT2D eigenvalue weighted by atomic mass is 10.1. The maximum absolute atomic E-state index is 12.4. The first kappa shape index (κ1) is 18.0. The van der Waals surface area contributed by atoms with Crippen molar-refractivity contribution in [2.75, 3.05) is 39.8 Å². The Kier molecular flexibility index (Phi) is 5.86. The van der Waals surface area contributed by atoms with E-state index in [0.717, 1.165) is 0 Å². The molecule has 1 rings (SSSR count). The largest absolute Gasteiger partial charge is 0.401 e. The molecule has 0 bridgehead atoms. The molecule has 0 spiro atoms. The van der Waals surface area contributed by atoms with Crippen molar-refractivity contribution in [3.63, 3.8) is 0 Å². The van der Waals surface area contributed by atoms with Gasteiger partial charge in [0.1, 0.15) is 0 Å². The minimum Gasteiger partial charge on any atom is -0.377 e. The molecule has 1 N–H and O–H groups in total. The Labute approximate surface area is 123 Å². The molecule has 1 saturated heterocycles. The summed E-state index contributed by atoms with van der Waals surface area (Å²) in [6.45, 7) is 5.61. The van der Waals surface area contributed by atoms with E-state index in [4.69, 9.17) is 4.74 Å². The summed E-state index contributed by atoms with van der Waals surface area (Å²) in [5.41, 5.74) is -0.473. The molecule has 1 fully saturated rings. The molecule has 0 saturated carbocycles. The third kappa shape index (κ3) is 6.09. The van der Waals surface area contributed by atoms with Crippen LogP contribution >= 0.6 is 0 Å². The van der Waals surface area contributed by atoms with E-state index in [-0.39, 0.29) is 25.2 Å². The van der Waals surface area contributed by atoms with Crippen LogP contribution in [0.15, 0.2) is 0 Å². The van der Waals surface area contributed by atoms with Gasteiger partial charge in [0.05, 0.1) is 12.1 Å². The van der Waals surface area contributed by atoms with Gasteiger partial charge in [-0.3, -0.25) is 4.90 Å². The lowest BCUT2D eigenvalue weighted by molar-refractivity contribution is -0.153. The van der Waals surface area contributed by atoms with E-state index in [0.29, 0.717) is 13.1 Å². The Hall–Kier alpha value is -1.02. The number of ether oxygens (including phenoxy) is 1. The van der Waals surface area contributed by atoms with Gasteiger partial charge in [0, 0.05) is 39.3 Å². The smallest absolute Gasteiger partial charge is 0.377 e. The summed E-state index contributed by atoms with van der Waals surface area (Å²) in [7, 11) is 1.56. The molecule has 0 radical (unpaired) electrons. The number of hydrogen-bond acceptors (Lipinski definition) is 3. The number of urea groups is 1. The molecule has 1 aliphatic rings. The Morgan fingerprint density at radius 1 is 1.33 bits per heavy atom. The van der Waals surface area contributed by atoms with Gasteiger partial charge in [0.2, 0.25) is 0 Å². The van der Waals surface area contributed by atoms with Crippen LogP contribution in [0, 0.1) is 0 Å². The third-order valence-corrected chi connectivity index (χ3v) is 3.65. The summed E-state index contributed by atoms with van der Waals surface area (Å²) in [6.07, 6.45) is -4.21. The van der Waals surface area contributed by atoms with Crippen LogP contribution in [-0.2, 0) is 4.74 Å². The second-order valence-corrected chi connectivity index (χ2v) is 6.00. The summed E-state index contributed by atoms with van der Waals surface area (Å²) in [5.74, 6) is 0. The van der Waals surface area contributed by atoms with Crippen molar-refractivity contribution < 1.29 is 22.7 Å². The second kappa shape index (κ2) is 6.83. The van der Waals surface area contributed by atoms with E-state index >= 15 is 0 Å². The number of nitrogens with one attached hydrogen (secondary N) is 1. The molecule has 21 heavy (non-hydrogen) atoms. The molecule has 0 aromatic rings. The van der Waals surface area contributed by atoms with Gasteiger partial charge in [0.15, 0.2) is 0 Å². The fourth-order valence-corrected chi connectivity index (χ4v) is 2.12. The van der Waals surface area contributed by atoms with Gasteiger partial charge in [-0.2, -0.15) is 13.2 Å². The van der Waals surface area contributed by atoms with E-state index in [9.17, 15) is 18.0 Å². The molecule has 0 unspecified atom stereocenters. The molecule has 1 atom stereocenters. The minimum atomic E-state index is -4.21. The number of rotatable bonds is 4. The predicted octanol–water partition coefficient (Wildman–Crippen LogP) is 1.69. The molecule has 2 amide bonds. The maximum atomic E-state index is 12.4. The molecule has 1 aliphatic heterocycles. The van der Waals surface area contributed by atoms with Gasteiger partial charge < -0.3 is 15.0 Å². The van der Waals surface area contributed by atoms with Crippen molar-refractivity contribution in [1.29, 1.82) is 0 Å². The van der Waals surface area contributed by atoms with E-state index in [2.05, 4.69) is 5.32 Å². The minimum absolute atomic E-state index is 0.224. The molecule has 1 heterocycles. The Morgan fingerprint density at radius 3 is 2.43 bits per heavy atom. The van der Waals surface area contributed by atoms with Crippen molar-refractivity contribution in [3.8, 4) is 0 Å². The van der Waals surface area contributed by atoms with Crippen LogP contribution < -0.4 is 5.32 Å². The number of hydrogen-bond donors (Lipinski definition) is 1. The number of carbonyl (C=O) groups is 1. The number of methoxy groups -OCH3 is 1. The number of nitrogens with zero attached hydrogens (tertiary/aromatic N) is 2. The average Bonchev–Trinajstić information content (AvgIpc) is 2.37. The summed E-state index contributed by atoms with van der Waals surface area (Å²) in [4.78, 5) is 14.9. The van der Waals surface area contributed by atoms with E-state index in [1.165, 1.54) is 4.90 Å². The molecular weight excluding hydrogens is 287 g/mol. The lowest BCUT2D eigenvalue weighted by Gasteiger charge is -2.40. The van der Waals surface area contributed by atoms with E-state index in [1.54, 1.807) is 18.9 Å². The number of halogens is 3. The zero-order valence-electron chi connectivity index (χ0n) is 13.0. The summed E-state index contributed by atoms with van der Waals surface area (Å²) in [5, 5.41) is 2.75. The number of carbonyl (C=O) groups excluding carboxylic acids is 1. The van der Waals surface area contributed by atoms with Crippen molar-refractivity contribution in [1.82, 2.24) is 15.1 Å². The quantitative estimate of drug-likeness (QED) is 0.859. The third-order valence-electron chi connectivity index (χ3n) is 3.65. The lowest BCUT2D eigenvalue weighted by Crippen LogP contribution is -2.58. The highest BCUT2D eigenvalue weighted by atomic mass is 19.4. The van der Waals surface area contributed by atoms with Gasteiger partial charge in [-0.1, -0.05) is 0 Å². The van der Waals surface area contributed by atoms with Crippen molar-refractivity contribution >= 4 is 6.03 Å². The first-order valence-corrected chi connectivity index (χ1v) is 6.93. The molecule has 5 nitrogen and oxygen atoms in total. The number of piperazine rings is 1. The highest BCUT2D eigenvalue weighted by molar-refractivity contribution is 5.74. The average molecular weight is 311 g/mol. The predicted molar refractivity (Wildman–Crippen MR) is 73.1 cm³/mol. The summed E-state index contributed by atoms with van der Waals surface area (Å²) in [6, 6.07) is -0.583. The highest BCUT2D eigenvalue weighted by Gasteiger charge is 2.36. The summed E-state index contributed by atoms with van der Waals surface area (Å²) < 4.78 is 42.4. The maximum Gasteiger partial charge on any atom is 0.401 e. The van der Waals surface area contributed by atoms with Gasteiger partial charge >= 0.3 is 12.2 Å². The number of amides is 2. The standard InChI is InChI=1S/C13H24F3N3O2/c1-10-7-18(5-6-19(10)9-13(14,15)16)11(20)17-8-12(2,3)21-4/h10H,5-9H2,1-4H3,(H,17,20)/t10-/m1/s1. The van der Waals surface area contributed by atoms with Crippen LogP contribution in [0.4, 0.5) is 18.0 Å². The number of alkyl halides is 3. The Bertz CT molecular complexity index is 361. The van der Waals surface area contributed by atoms with Crippen LogP contribution in [0.5, 0.6) is 0 Å². The van der Waals surface area contributed by atoms with Gasteiger partial charge in [-0.25, -0.2) is 4.79 Å². The fraction of sp³-hybridized carbons (Fsp3) is 0.923. The van der Waals surface area contributed by atoms with Crippen LogP contribution in [-0.4, -0.2) is 73.5 Å².